The smallest absolute Gasteiger partial charge is 0.142 e. The average molecular weight is 258 g/mol. The van der Waals surface area contributed by atoms with Crippen molar-refractivity contribution >= 4 is 5.69 Å². The van der Waals surface area contributed by atoms with Gasteiger partial charge in [0.05, 0.1) is 25.4 Å². The van der Waals surface area contributed by atoms with Gasteiger partial charge in [0.2, 0.25) is 0 Å². The number of benzene rings is 1. The van der Waals surface area contributed by atoms with Crippen LogP contribution in [0.25, 0.3) is 0 Å². The minimum atomic E-state index is 0.444. The van der Waals surface area contributed by atoms with E-state index in [2.05, 4.69) is 11.0 Å². The number of nitrogens with two attached hydrogens (primary N) is 1. The van der Waals surface area contributed by atoms with Crippen LogP contribution in [0, 0.1) is 0 Å². The number of furan rings is 1. The molecule has 3 rings (SSSR count). The molecule has 0 atom stereocenters. The standard InChI is InChI=1S/C15H18N2O2/c16-10-12-6-7-13(19-12)11-17-8-3-9-18-15-5-2-1-4-14(15)17/h1-2,4-7H,3,8-11,16H2. The lowest BCUT2D eigenvalue weighted by Crippen LogP contribution is -2.22. The number of ether oxygens (including phenoxy) is 1. The van der Waals surface area contributed by atoms with Gasteiger partial charge in [-0.3, -0.25) is 0 Å². The summed E-state index contributed by atoms with van der Waals surface area (Å²) in [4.78, 5) is 2.29. The first kappa shape index (κ1) is 12.1. The first-order valence-corrected chi connectivity index (χ1v) is 6.61. The fourth-order valence-corrected chi connectivity index (χ4v) is 2.37. The maximum absolute atomic E-state index is 5.75. The Morgan fingerprint density at radius 1 is 1.11 bits per heavy atom. The van der Waals surface area contributed by atoms with Crippen LogP contribution in [0.1, 0.15) is 17.9 Å². The van der Waals surface area contributed by atoms with Crippen molar-refractivity contribution in [2.24, 2.45) is 5.73 Å². The van der Waals surface area contributed by atoms with Crippen molar-refractivity contribution in [1.29, 1.82) is 0 Å². The van der Waals surface area contributed by atoms with Gasteiger partial charge in [0.25, 0.3) is 0 Å². The topological polar surface area (TPSA) is 51.6 Å². The van der Waals surface area contributed by atoms with E-state index in [4.69, 9.17) is 14.9 Å². The van der Waals surface area contributed by atoms with E-state index in [1.165, 1.54) is 0 Å². The van der Waals surface area contributed by atoms with Crippen molar-refractivity contribution in [3.63, 3.8) is 0 Å². The molecule has 1 aromatic heterocycles. The van der Waals surface area contributed by atoms with Crippen molar-refractivity contribution in [2.75, 3.05) is 18.1 Å². The summed E-state index contributed by atoms with van der Waals surface area (Å²) in [6, 6.07) is 12.1. The zero-order valence-corrected chi connectivity index (χ0v) is 10.8. The molecule has 0 radical (unpaired) electrons. The summed E-state index contributed by atoms with van der Waals surface area (Å²) in [5.74, 6) is 2.72. The maximum atomic E-state index is 5.75. The number of fused-ring (bicyclic) bond motifs is 1. The van der Waals surface area contributed by atoms with E-state index >= 15 is 0 Å². The van der Waals surface area contributed by atoms with Crippen LogP contribution in [0.3, 0.4) is 0 Å². The molecular formula is C15H18N2O2. The van der Waals surface area contributed by atoms with Crippen LogP contribution >= 0.6 is 0 Å². The molecule has 0 saturated heterocycles. The molecule has 2 N–H and O–H groups in total. The molecule has 4 heteroatoms. The molecule has 2 heterocycles. The van der Waals surface area contributed by atoms with Gasteiger partial charge in [0.15, 0.2) is 0 Å². The first-order chi connectivity index (χ1) is 9.36. The first-order valence-electron chi connectivity index (χ1n) is 6.61. The monoisotopic (exact) mass is 258 g/mol. The highest BCUT2D eigenvalue weighted by Crippen LogP contribution is 2.31. The lowest BCUT2D eigenvalue weighted by atomic mass is 10.2. The van der Waals surface area contributed by atoms with Crippen LogP contribution in [0.5, 0.6) is 5.75 Å². The van der Waals surface area contributed by atoms with E-state index < -0.39 is 0 Å². The SMILES string of the molecule is NCc1ccc(CN2CCCOc3ccccc32)o1. The number of hydrogen-bond donors (Lipinski definition) is 1. The molecule has 1 aromatic carbocycles. The van der Waals surface area contributed by atoms with Crippen LogP contribution in [-0.4, -0.2) is 13.2 Å². The van der Waals surface area contributed by atoms with E-state index in [0.29, 0.717) is 6.54 Å². The summed E-state index contributed by atoms with van der Waals surface area (Å²) in [6.07, 6.45) is 1.01. The van der Waals surface area contributed by atoms with Crippen LogP contribution in [0.2, 0.25) is 0 Å². The predicted octanol–water partition coefficient (Wildman–Crippen LogP) is 2.53. The Morgan fingerprint density at radius 2 is 1.95 bits per heavy atom. The molecule has 4 nitrogen and oxygen atoms in total. The number of rotatable bonds is 3. The zero-order valence-electron chi connectivity index (χ0n) is 10.8. The van der Waals surface area contributed by atoms with Gasteiger partial charge in [0, 0.05) is 6.54 Å². The summed E-state index contributed by atoms with van der Waals surface area (Å²) in [5.41, 5.74) is 6.70. The summed E-state index contributed by atoms with van der Waals surface area (Å²) < 4.78 is 11.4. The number of nitrogens with zero attached hydrogens (tertiary/aromatic N) is 1. The van der Waals surface area contributed by atoms with Crippen LogP contribution in [0.15, 0.2) is 40.8 Å². The normalized spacial score (nSPS) is 14.7. The second-order valence-corrected chi connectivity index (χ2v) is 4.66. The van der Waals surface area contributed by atoms with Crippen molar-refractivity contribution in [2.45, 2.75) is 19.5 Å². The van der Waals surface area contributed by atoms with Crippen LogP contribution in [-0.2, 0) is 13.1 Å². The largest absolute Gasteiger partial charge is 0.491 e. The quantitative estimate of drug-likeness (QED) is 0.919. The molecule has 0 amide bonds. The molecule has 0 bridgehead atoms. The molecule has 0 aliphatic carbocycles. The Labute approximate surface area is 112 Å². The summed E-state index contributed by atoms with van der Waals surface area (Å²) >= 11 is 0. The molecule has 1 aliphatic heterocycles. The second kappa shape index (κ2) is 5.36. The third-order valence-electron chi connectivity index (χ3n) is 3.30. The van der Waals surface area contributed by atoms with E-state index in [0.717, 1.165) is 49.1 Å². The number of anilines is 1. The molecule has 0 fully saturated rings. The third kappa shape index (κ3) is 2.58. The molecular weight excluding hydrogens is 240 g/mol. The number of para-hydroxylation sites is 2. The Morgan fingerprint density at radius 3 is 2.79 bits per heavy atom. The fourth-order valence-electron chi connectivity index (χ4n) is 2.37. The van der Waals surface area contributed by atoms with E-state index in [-0.39, 0.29) is 0 Å². The van der Waals surface area contributed by atoms with E-state index in [9.17, 15) is 0 Å². The van der Waals surface area contributed by atoms with Gasteiger partial charge < -0.3 is 19.8 Å². The Kier molecular flexibility index (Phi) is 3.42. The summed E-state index contributed by atoms with van der Waals surface area (Å²) in [5, 5.41) is 0. The maximum Gasteiger partial charge on any atom is 0.142 e. The van der Waals surface area contributed by atoms with Crippen molar-refractivity contribution in [3.05, 3.63) is 47.9 Å². The highest BCUT2D eigenvalue weighted by atomic mass is 16.5. The van der Waals surface area contributed by atoms with Gasteiger partial charge >= 0.3 is 0 Å². The Bertz CT molecular complexity index is 551. The van der Waals surface area contributed by atoms with Crippen molar-refractivity contribution in [1.82, 2.24) is 0 Å². The molecule has 1 aliphatic rings. The van der Waals surface area contributed by atoms with Crippen molar-refractivity contribution < 1.29 is 9.15 Å². The minimum absolute atomic E-state index is 0.444. The highest BCUT2D eigenvalue weighted by molar-refractivity contribution is 5.58. The van der Waals surface area contributed by atoms with Gasteiger partial charge in [-0.05, 0) is 30.7 Å². The molecule has 0 saturated carbocycles. The lowest BCUT2D eigenvalue weighted by molar-refractivity contribution is 0.322. The highest BCUT2D eigenvalue weighted by Gasteiger charge is 2.17. The van der Waals surface area contributed by atoms with Crippen LogP contribution in [0.4, 0.5) is 5.69 Å². The third-order valence-corrected chi connectivity index (χ3v) is 3.30. The molecule has 0 unspecified atom stereocenters. The van der Waals surface area contributed by atoms with Gasteiger partial charge in [-0.1, -0.05) is 12.1 Å². The summed E-state index contributed by atoms with van der Waals surface area (Å²) in [6.45, 7) is 2.93. The minimum Gasteiger partial charge on any atom is -0.491 e. The molecule has 0 spiro atoms. The van der Waals surface area contributed by atoms with Crippen molar-refractivity contribution in [3.8, 4) is 5.75 Å². The lowest BCUT2D eigenvalue weighted by Gasteiger charge is -2.22. The fraction of sp³-hybridized carbons (Fsp3) is 0.333. The average Bonchev–Trinajstić information content (AvgIpc) is 2.80. The molecule has 2 aromatic rings. The van der Waals surface area contributed by atoms with E-state index in [1.807, 2.05) is 30.3 Å². The molecule has 19 heavy (non-hydrogen) atoms. The Hall–Kier alpha value is -1.94. The van der Waals surface area contributed by atoms with Gasteiger partial charge in [0.1, 0.15) is 17.3 Å². The predicted molar refractivity (Wildman–Crippen MR) is 74.2 cm³/mol. The second-order valence-electron chi connectivity index (χ2n) is 4.66. The molecule has 100 valence electrons. The Balaban J connectivity index is 1.83. The zero-order chi connectivity index (χ0) is 13.1. The summed E-state index contributed by atoms with van der Waals surface area (Å²) in [7, 11) is 0. The van der Waals surface area contributed by atoms with Gasteiger partial charge in [-0.2, -0.15) is 0 Å². The van der Waals surface area contributed by atoms with E-state index in [1.54, 1.807) is 0 Å². The number of hydrogen-bond acceptors (Lipinski definition) is 4. The van der Waals surface area contributed by atoms with Gasteiger partial charge in [-0.15, -0.1) is 0 Å². The van der Waals surface area contributed by atoms with Gasteiger partial charge in [-0.25, -0.2) is 0 Å². The van der Waals surface area contributed by atoms with Crippen LogP contribution < -0.4 is 15.4 Å².